The van der Waals surface area contributed by atoms with E-state index < -0.39 is 8.07 Å². The van der Waals surface area contributed by atoms with E-state index in [0.717, 1.165) is 14.0 Å². The molecule has 0 unspecified atom stereocenters. The summed E-state index contributed by atoms with van der Waals surface area (Å²) in [4.78, 5) is 0. The van der Waals surface area contributed by atoms with Crippen molar-refractivity contribution in [2.75, 3.05) is 0 Å². The second-order valence-corrected chi connectivity index (χ2v) is 11.2. The Labute approximate surface area is 131 Å². The molecule has 2 rings (SSSR count). The average molecular weight is 405 g/mol. The van der Waals surface area contributed by atoms with Crippen LogP contribution in [0.3, 0.4) is 0 Å². The average Bonchev–Trinajstić information content (AvgIpc) is 2.36. The predicted molar refractivity (Wildman–Crippen MR) is 90.0 cm³/mol. The minimum atomic E-state index is -1.66. The summed E-state index contributed by atoms with van der Waals surface area (Å²) >= 11 is 13.2. The van der Waals surface area contributed by atoms with E-state index in [4.69, 9.17) is 11.6 Å². The largest absolute Gasteiger partial charge is 0.112 e. The second-order valence-electron chi connectivity index (χ2n) is 4.74. The van der Waals surface area contributed by atoms with Crippen LogP contribution in [0.15, 0.2) is 51.4 Å². The van der Waals surface area contributed by atoms with Gasteiger partial charge in [-0.15, -0.1) is 0 Å². The Kier molecular flexibility index (Phi) is 4.37. The van der Waals surface area contributed by atoms with Crippen LogP contribution >= 0.6 is 43.5 Å². The van der Waals surface area contributed by atoms with Crippen LogP contribution in [-0.2, 0) is 0 Å². The van der Waals surface area contributed by atoms with Crippen molar-refractivity contribution in [3.8, 4) is 0 Å². The molecule has 0 aromatic heterocycles. The lowest BCUT2D eigenvalue weighted by Gasteiger charge is -2.24. The van der Waals surface area contributed by atoms with Gasteiger partial charge in [0.05, 0.1) is 5.02 Å². The summed E-state index contributed by atoms with van der Waals surface area (Å²) in [5.41, 5.74) is 0. The normalized spacial score (nSPS) is 11.6. The van der Waals surface area contributed by atoms with Gasteiger partial charge in [-0.2, -0.15) is 0 Å². The summed E-state index contributed by atoms with van der Waals surface area (Å²) in [6.07, 6.45) is 0. The number of halogens is 3. The maximum atomic E-state index is 6.17. The van der Waals surface area contributed by atoms with Gasteiger partial charge in [0.25, 0.3) is 0 Å². The summed E-state index contributed by atoms with van der Waals surface area (Å²) < 4.78 is 1.90. The van der Waals surface area contributed by atoms with Gasteiger partial charge in [-0.05, 0) is 44.0 Å². The van der Waals surface area contributed by atoms with Crippen molar-refractivity contribution in [1.29, 1.82) is 0 Å². The summed E-state index contributed by atoms with van der Waals surface area (Å²) in [5.74, 6) is 0. The highest BCUT2D eigenvalue weighted by Gasteiger charge is 2.26. The molecule has 0 saturated carbocycles. The molecule has 2 aromatic rings. The van der Waals surface area contributed by atoms with Crippen molar-refractivity contribution < 1.29 is 0 Å². The first-order chi connectivity index (χ1) is 8.43. The van der Waals surface area contributed by atoms with Crippen LogP contribution in [0.5, 0.6) is 0 Å². The highest BCUT2D eigenvalue weighted by atomic mass is 79.9. The zero-order valence-electron chi connectivity index (χ0n) is 10.2. The summed E-state index contributed by atoms with van der Waals surface area (Å²) in [7, 11) is -1.66. The van der Waals surface area contributed by atoms with Gasteiger partial charge in [0.1, 0.15) is 8.07 Å². The van der Waals surface area contributed by atoms with Crippen LogP contribution in [-0.4, -0.2) is 8.07 Å². The quantitative estimate of drug-likeness (QED) is 0.503. The number of hydrogen-bond donors (Lipinski definition) is 0. The van der Waals surface area contributed by atoms with E-state index in [2.05, 4.69) is 87.4 Å². The monoisotopic (exact) mass is 402 g/mol. The maximum absolute atomic E-state index is 6.17. The lowest BCUT2D eigenvalue weighted by atomic mass is 10.4. The zero-order chi connectivity index (χ0) is 13.3. The molecule has 0 atom stereocenters. The fraction of sp³-hybridized carbons (Fsp3) is 0.143. The molecule has 0 saturated heterocycles. The van der Waals surface area contributed by atoms with Gasteiger partial charge in [0, 0.05) is 8.95 Å². The van der Waals surface area contributed by atoms with E-state index in [9.17, 15) is 0 Å². The van der Waals surface area contributed by atoms with Gasteiger partial charge in [0.2, 0.25) is 0 Å². The molecule has 0 aliphatic rings. The lowest BCUT2D eigenvalue weighted by Crippen LogP contribution is -2.52. The molecule has 0 aliphatic carbocycles. The minimum absolute atomic E-state index is 0.733. The molecule has 0 N–H and O–H groups in total. The third-order valence-electron chi connectivity index (χ3n) is 3.20. The topological polar surface area (TPSA) is 0 Å². The first-order valence-electron chi connectivity index (χ1n) is 5.63. The molecule has 0 fully saturated rings. The van der Waals surface area contributed by atoms with E-state index in [1.807, 2.05) is 0 Å². The molecular formula is C14H13Br2ClSi. The van der Waals surface area contributed by atoms with Gasteiger partial charge < -0.3 is 0 Å². The summed E-state index contributed by atoms with van der Waals surface area (Å²) in [6, 6.07) is 15.0. The van der Waals surface area contributed by atoms with Gasteiger partial charge >= 0.3 is 0 Å². The summed E-state index contributed by atoms with van der Waals surface area (Å²) in [6.45, 7) is 4.70. The van der Waals surface area contributed by atoms with E-state index >= 15 is 0 Å². The third-order valence-corrected chi connectivity index (χ3v) is 8.82. The van der Waals surface area contributed by atoms with Crippen molar-refractivity contribution >= 4 is 61.9 Å². The Bertz CT molecular complexity index is 544. The molecule has 0 aliphatic heterocycles. The maximum Gasteiger partial charge on any atom is 0.112 e. The molecule has 4 heteroatoms. The Hall–Kier alpha value is -0.0931. The molecule has 94 valence electrons. The smallest absolute Gasteiger partial charge is 0.0819 e. The Morgan fingerprint density at radius 1 is 0.889 bits per heavy atom. The zero-order valence-corrected chi connectivity index (χ0v) is 15.1. The number of rotatable bonds is 2. The van der Waals surface area contributed by atoms with Crippen LogP contribution in [0.25, 0.3) is 0 Å². The predicted octanol–water partition coefficient (Wildman–Crippen LogP) is 4.69. The molecule has 0 radical (unpaired) electrons. The molecule has 0 nitrogen and oxygen atoms in total. The highest BCUT2D eigenvalue weighted by molar-refractivity contribution is 9.11. The SMILES string of the molecule is C[Si](C)(c1ccccc1)c1cc(Br)c(Cl)c(Br)c1. The van der Waals surface area contributed by atoms with E-state index in [1.54, 1.807) is 0 Å². The standard InChI is InChI=1S/C14H13Br2ClSi/c1-18(2,10-6-4-3-5-7-10)11-8-12(15)14(17)13(16)9-11/h3-9H,1-2H3. The van der Waals surface area contributed by atoms with E-state index in [0.29, 0.717) is 0 Å². The fourth-order valence-electron chi connectivity index (χ4n) is 1.94. The van der Waals surface area contributed by atoms with Gasteiger partial charge in [-0.25, -0.2) is 0 Å². The Balaban J connectivity index is 2.54. The fourth-order valence-corrected chi connectivity index (χ4v) is 6.03. The van der Waals surface area contributed by atoms with Crippen molar-refractivity contribution in [3.63, 3.8) is 0 Å². The molecule has 18 heavy (non-hydrogen) atoms. The molecule has 0 amide bonds. The van der Waals surface area contributed by atoms with Gasteiger partial charge in [-0.1, -0.05) is 65.4 Å². The van der Waals surface area contributed by atoms with E-state index in [1.165, 1.54) is 10.4 Å². The van der Waals surface area contributed by atoms with Gasteiger partial charge in [-0.3, -0.25) is 0 Å². The van der Waals surface area contributed by atoms with E-state index in [-0.39, 0.29) is 0 Å². The Morgan fingerprint density at radius 3 is 1.89 bits per heavy atom. The molecule has 0 heterocycles. The minimum Gasteiger partial charge on any atom is -0.0819 e. The summed E-state index contributed by atoms with van der Waals surface area (Å²) in [5, 5.41) is 3.51. The van der Waals surface area contributed by atoms with Crippen LogP contribution in [0.4, 0.5) is 0 Å². The van der Waals surface area contributed by atoms with Crippen molar-refractivity contribution in [3.05, 3.63) is 56.4 Å². The first kappa shape index (κ1) is 14.3. The molecule has 2 aromatic carbocycles. The van der Waals surface area contributed by atoms with Crippen LogP contribution in [0, 0.1) is 0 Å². The highest BCUT2D eigenvalue weighted by Crippen LogP contribution is 2.30. The van der Waals surface area contributed by atoms with Crippen molar-refractivity contribution in [2.24, 2.45) is 0 Å². The third kappa shape index (κ3) is 2.74. The number of benzene rings is 2. The van der Waals surface area contributed by atoms with Crippen LogP contribution < -0.4 is 10.4 Å². The van der Waals surface area contributed by atoms with Crippen molar-refractivity contribution in [1.82, 2.24) is 0 Å². The second kappa shape index (κ2) is 5.49. The first-order valence-corrected chi connectivity index (χ1v) is 10.6. The van der Waals surface area contributed by atoms with Crippen LogP contribution in [0.2, 0.25) is 18.1 Å². The Morgan fingerprint density at radius 2 is 1.39 bits per heavy atom. The van der Waals surface area contributed by atoms with Crippen LogP contribution in [0.1, 0.15) is 0 Å². The molecular weight excluding hydrogens is 392 g/mol. The van der Waals surface area contributed by atoms with Gasteiger partial charge in [0.15, 0.2) is 0 Å². The number of hydrogen-bond acceptors (Lipinski definition) is 0. The molecule has 0 bridgehead atoms. The molecule has 0 spiro atoms. The lowest BCUT2D eigenvalue weighted by molar-refractivity contribution is 1.60. The van der Waals surface area contributed by atoms with Crippen molar-refractivity contribution in [2.45, 2.75) is 13.1 Å².